The predicted octanol–water partition coefficient (Wildman–Crippen LogP) is 2.92. The maximum absolute atomic E-state index is 12.3. The van der Waals surface area contributed by atoms with Crippen LogP contribution in [0, 0.1) is 0 Å². The van der Waals surface area contributed by atoms with E-state index >= 15 is 0 Å². The van der Waals surface area contributed by atoms with Crippen LogP contribution in [-0.4, -0.2) is 16.9 Å². The van der Waals surface area contributed by atoms with Crippen molar-refractivity contribution in [2.45, 2.75) is 19.3 Å². The lowest BCUT2D eigenvalue weighted by atomic mass is 10.0. The van der Waals surface area contributed by atoms with Gasteiger partial charge in [0.1, 0.15) is 5.75 Å². The quantitative estimate of drug-likeness (QED) is 0.746. The maximum atomic E-state index is 12.3. The van der Waals surface area contributed by atoms with Gasteiger partial charge in [-0.05, 0) is 60.9 Å². The number of carbonyl (C=O) groups is 2. The third kappa shape index (κ3) is 3.09. The molecule has 5 nitrogen and oxygen atoms in total. The van der Waals surface area contributed by atoms with Gasteiger partial charge in [0.15, 0.2) is 0 Å². The molecular formula is C17H16N2O3. The normalized spacial score (nSPS) is 13.7. The van der Waals surface area contributed by atoms with Gasteiger partial charge in [0.05, 0.1) is 0 Å². The summed E-state index contributed by atoms with van der Waals surface area (Å²) >= 11 is 0. The van der Waals surface area contributed by atoms with Crippen LogP contribution in [-0.2, 0) is 11.2 Å². The Morgan fingerprint density at radius 3 is 2.64 bits per heavy atom. The van der Waals surface area contributed by atoms with Crippen LogP contribution in [0.2, 0.25) is 0 Å². The van der Waals surface area contributed by atoms with E-state index in [4.69, 9.17) is 0 Å². The van der Waals surface area contributed by atoms with Crippen LogP contribution in [0.1, 0.15) is 28.8 Å². The van der Waals surface area contributed by atoms with Gasteiger partial charge in [-0.3, -0.25) is 9.59 Å². The number of carbonyl (C=O) groups excluding carboxylic acids is 2. The van der Waals surface area contributed by atoms with Gasteiger partial charge in [0.2, 0.25) is 5.91 Å². The zero-order chi connectivity index (χ0) is 15.5. The highest BCUT2D eigenvalue weighted by atomic mass is 16.3. The third-order valence-corrected chi connectivity index (χ3v) is 3.62. The lowest BCUT2D eigenvalue weighted by Gasteiger charge is -2.10. The van der Waals surface area contributed by atoms with E-state index in [9.17, 15) is 14.7 Å². The Morgan fingerprint density at radius 2 is 1.86 bits per heavy atom. The number of amides is 2. The fourth-order valence-electron chi connectivity index (χ4n) is 2.46. The molecule has 0 atom stereocenters. The van der Waals surface area contributed by atoms with Crippen LogP contribution in [0.4, 0.5) is 11.4 Å². The molecule has 22 heavy (non-hydrogen) atoms. The van der Waals surface area contributed by atoms with Gasteiger partial charge in [-0.25, -0.2) is 0 Å². The molecule has 0 aromatic heterocycles. The summed E-state index contributed by atoms with van der Waals surface area (Å²) in [5.41, 5.74) is 2.92. The Hall–Kier alpha value is -2.82. The van der Waals surface area contributed by atoms with Crippen molar-refractivity contribution in [3.05, 3.63) is 53.6 Å². The number of phenols is 1. The first kappa shape index (κ1) is 14.1. The van der Waals surface area contributed by atoms with Crippen molar-refractivity contribution < 1.29 is 14.7 Å². The van der Waals surface area contributed by atoms with Crippen molar-refractivity contribution in [1.82, 2.24) is 0 Å². The van der Waals surface area contributed by atoms with Crippen molar-refractivity contribution in [2.24, 2.45) is 0 Å². The van der Waals surface area contributed by atoms with Crippen molar-refractivity contribution in [1.29, 1.82) is 0 Å². The molecule has 3 rings (SSSR count). The number of rotatable bonds is 2. The zero-order valence-electron chi connectivity index (χ0n) is 11.9. The number of aryl methyl sites for hydroxylation is 1. The minimum Gasteiger partial charge on any atom is -0.508 e. The number of phenolic OH excluding ortho intramolecular Hbond substituents is 1. The molecule has 112 valence electrons. The molecule has 3 N–H and O–H groups in total. The number of hydrogen-bond acceptors (Lipinski definition) is 3. The van der Waals surface area contributed by atoms with E-state index in [1.807, 2.05) is 6.07 Å². The second kappa shape index (κ2) is 5.89. The summed E-state index contributed by atoms with van der Waals surface area (Å²) in [7, 11) is 0. The van der Waals surface area contributed by atoms with Gasteiger partial charge in [-0.1, -0.05) is 0 Å². The Balaban J connectivity index is 1.80. The van der Waals surface area contributed by atoms with Gasteiger partial charge in [0, 0.05) is 23.4 Å². The fraction of sp³-hybridized carbons (Fsp3) is 0.176. The van der Waals surface area contributed by atoms with Crippen LogP contribution in [0.3, 0.4) is 0 Å². The van der Waals surface area contributed by atoms with Crippen LogP contribution in [0.5, 0.6) is 5.75 Å². The summed E-state index contributed by atoms with van der Waals surface area (Å²) < 4.78 is 0. The van der Waals surface area contributed by atoms with E-state index in [-0.39, 0.29) is 17.6 Å². The van der Waals surface area contributed by atoms with Crippen molar-refractivity contribution >= 4 is 23.2 Å². The molecule has 1 aliphatic heterocycles. The van der Waals surface area contributed by atoms with Crippen molar-refractivity contribution in [2.75, 3.05) is 10.6 Å². The average Bonchev–Trinajstić information content (AvgIpc) is 2.69. The summed E-state index contributed by atoms with van der Waals surface area (Å²) in [5.74, 6) is -0.0529. The summed E-state index contributed by atoms with van der Waals surface area (Å²) in [4.78, 5) is 23.8. The molecule has 0 bridgehead atoms. The minimum atomic E-state index is -0.218. The minimum absolute atomic E-state index is 0.0139. The standard InChI is InChI=1S/C17H16N2O3/c20-14-7-5-13(6-8-14)18-17(22)12-4-9-15-11(10-12)2-1-3-16(21)19-15/h4-10,20H,1-3H2,(H,18,22)(H,19,21). The van der Waals surface area contributed by atoms with E-state index in [2.05, 4.69) is 10.6 Å². The van der Waals surface area contributed by atoms with E-state index in [1.54, 1.807) is 24.3 Å². The molecule has 0 unspecified atom stereocenters. The van der Waals surface area contributed by atoms with Crippen LogP contribution in [0.25, 0.3) is 0 Å². The first-order valence-corrected chi connectivity index (χ1v) is 7.15. The summed E-state index contributed by atoms with van der Waals surface area (Å²) in [6, 6.07) is 11.6. The Kier molecular flexibility index (Phi) is 3.78. The number of hydrogen-bond donors (Lipinski definition) is 3. The van der Waals surface area contributed by atoms with Gasteiger partial charge in [0.25, 0.3) is 5.91 Å². The monoisotopic (exact) mass is 296 g/mol. The molecule has 0 spiro atoms. The molecule has 0 aliphatic carbocycles. The molecule has 0 fully saturated rings. The second-order valence-corrected chi connectivity index (χ2v) is 5.27. The first-order valence-electron chi connectivity index (χ1n) is 7.15. The molecule has 2 amide bonds. The SMILES string of the molecule is O=C1CCCc2cc(C(=O)Nc3ccc(O)cc3)ccc2N1. The van der Waals surface area contributed by atoms with Crippen molar-refractivity contribution in [3.8, 4) is 5.75 Å². The summed E-state index contributed by atoms with van der Waals surface area (Å²) in [6.07, 6.45) is 2.06. The fourth-order valence-corrected chi connectivity index (χ4v) is 2.46. The van der Waals surface area contributed by atoms with Gasteiger partial charge < -0.3 is 15.7 Å². The highest BCUT2D eigenvalue weighted by Crippen LogP contribution is 2.24. The molecule has 2 aromatic carbocycles. The highest BCUT2D eigenvalue weighted by Gasteiger charge is 2.15. The Bertz CT molecular complexity index is 723. The number of benzene rings is 2. The van der Waals surface area contributed by atoms with Gasteiger partial charge in [-0.15, -0.1) is 0 Å². The van der Waals surface area contributed by atoms with Crippen LogP contribution < -0.4 is 10.6 Å². The number of fused-ring (bicyclic) bond motifs is 1. The van der Waals surface area contributed by atoms with E-state index < -0.39 is 0 Å². The molecule has 1 aliphatic rings. The van der Waals surface area contributed by atoms with Gasteiger partial charge >= 0.3 is 0 Å². The van der Waals surface area contributed by atoms with Gasteiger partial charge in [-0.2, -0.15) is 0 Å². The zero-order valence-corrected chi connectivity index (χ0v) is 11.9. The summed E-state index contributed by atoms with van der Waals surface area (Å²) in [5, 5.41) is 14.9. The number of anilines is 2. The van der Waals surface area contributed by atoms with E-state index in [0.29, 0.717) is 17.7 Å². The summed E-state index contributed by atoms with van der Waals surface area (Å²) in [6.45, 7) is 0. The Morgan fingerprint density at radius 1 is 1.09 bits per heavy atom. The van der Waals surface area contributed by atoms with Crippen molar-refractivity contribution in [3.63, 3.8) is 0 Å². The molecular weight excluding hydrogens is 280 g/mol. The smallest absolute Gasteiger partial charge is 0.255 e. The lowest BCUT2D eigenvalue weighted by molar-refractivity contribution is -0.116. The maximum Gasteiger partial charge on any atom is 0.255 e. The third-order valence-electron chi connectivity index (χ3n) is 3.62. The second-order valence-electron chi connectivity index (χ2n) is 5.27. The topological polar surface area (TPSA) is 78.4 Å². The molecule has 0 saturated carbocycles. The molecule has 2 aromatic rings. The first-order chi connectivity index (χ1) is 10.6. The Labute approximate surface area is 128 Å². The van der Waals surface area contributed by atoms with Crippen LogP contribution >= 0.6 is 0 Å². The largest absolute Gasteiger partial charge is 0.508 e. The molecule has 0 radical (unpaired) electrons. The van der Waals surface area contributed by atoms with Crippen LogP contribution in [0.15, 0.2) is 42.5 Å². The lowest BCUT2D eigenvalue weighted by Crippen LogP contribution is -2.13. The predicted molar refractivity (Wildman–Crippen MR) is 84.1 cm³/mol. The average molecular weight is 296 g/mol. The molecule has 1 heterocycles. The molecule has 0 saturated heterocycles. The van der Waals surface area contributed by atoms with E-state index in [0.717, 1.165) is 24.1 Å². The van der Waals surface area contributed by atoms with E-state index in [1.165, 1.54) is 12.1 Å². The number of aromatic hydroxyl groups is 1. The molecule has 5 heteroatoms. The highest BCUT2D eigenvalue weighted by molar-refractivity contribution is 6.05. The number of nitrogens with one attached hydrogen (secondary N) is 2.